The Morgan fingerprint density at radius 1 is 1.00 bits per heavy atom. The largest absolute Gasteiger partial charge is 0.463 e. The summed E-state index contributed by atoms with van der Waals surface area (Å²) in [5.74, 6) is -1.87. The number of nitrogens with zero attached hydrogens (tertiary/aromatic N) is 1. The third kappa shape index (κ3) is 6.85. The van der Waals surface area contributed by atoms with Crippen LogP contribution in [0.2, 0.25) is 0 Å². The van der Waals surface area contributed by atoms with Crippen LogP contribution in [0.25, 0.3) is 0 Å². The van der Waals surface area contributed by atoms with Crippen LogP contribution >= 0.6 is 0 Å². The van der Waals surface area contributed by atoms with Crippen LogP contribution < -0.4 is 5.32 Å². The van der Waals surface area contributed by atoms with Gasteiger partial charge in [-0.15, -0.1) is 0 Å². The standard InChI is InChI=1S/C32H31F3N2O4/c1-4-41-31(40)29-21(3)37(28(38)18-27(29)24-14-16-26(17-15-24)32(33,34)35)19-22-10-12-25(13-11-22)30(39)36-20(2)23-8-6-5-7-9-23/h5-17,20,27H,4,18-19H2,1-3H3,(H,36,39)/t20-,27+/m0/s1. The predicted molar refractivity (Wildman–Crippen MR) is 147 cm³/mol. The van der Waals surface area contributed by atoms with Crippen molar-refractivity contribution in [1.29, 1.82) is 0 Å². The van der Waals surface area contributed by atoms with E-state index < -0.39 is 23.6 Å². The lowest BCUT2D eigenvalue weighted by molar-refractivity contribution is -0.140. The van der Waals surface area contributed by atoms with Crippen LogP contribution in [-0.4, -0.2) is 29.3 Å². The van der Waals surface area contributed by atoms with Gasteiger partial charge in [0.15, 0.2) is 0 Å². The molecule has 0 aliphatic carbocycles. The highest BCUT2D eigenvalue weighted by Crippen LogP contribution is 2.39. The number of hydrogen-bond acceptors (Lipinski definition) is 4. The van der Waals surface area contributed by atoms with Crippen LogP contribution in [-0.2, 0) is 27.0 Å². The normalized spacial score (nSPS) is 16.4. The second kappa shape index (κ2) is 12.4. The molecule has 0 saturated carbocycles. The lowest BCUT2D eigenvalue weighted by atomic mass is 9.83. The van der Waals surface area contributed by atoms with Gasteiger partial charge in [-0.2, -0.15) is 13.2 Å². The minimum atomic E-state index is -4.50. The van der Waals surface area contributed by atoms with Crippen molar-refractivity contribution in [3.63, 3.8) is 0 Å². The average molecular weight is 565 g/mol. The molecule has 1 aliphatic rings. The molecule has 0 radical (unpaired) electrons. The van der Waals surface area contributed by atoms with E-state index in [-0.39, 0.29) is 43.0 Å². The number of esters is 1. The van der Waals surface area contributed by atoms with Crippen molar-refractivity contribution in [1.82, 2.24) is 10.2 Å². The molecule has 41 heavy (non-hydrogen) atoms. The average Bonchev–Trinajstić information content (AvgIpc) is 2.95. The summed E-state index contributed by atoms with van der Waals surface area (Å²) in [6, 6.07) is 20.7. The van der Waals surface area contributed by atoms with Gasteiger partial charge in [0.05, 0.1) is 30.3 Å². The van der Waals surface area contributed by atoms with Gasteiger partial charge in [-0.1, -0.05) is 54.6 Å². The van der Waals surface area contributed by atoms with E-state index in [2.05, 4.69) is 5.32 Å². The molecule has 1 aliphatic heterocycles. The number of amides is 2. The molecule has 2 amide bonds. The highest BCUT2D eigenvalue weighted by atomic mass is 19.4. The maximum atomic E-state index is 13.3. The van der Waals surface area contributed by atoms with Crippen molar-refractivity contribution in [2.45, 2.75) is 51.9 Å². The topological polar surface area (TPSA) is 75.7 Å². The molecule has 1 heterocycles. The summed E-state index contributed by atoms with van der Waals surface area (Å²) in [5, 5.41) is 2.97. The smallest absolute Gasteiger partial charge is 0.416 e. The van der Waals surface area contributed by atoms with Gasteiger partial charge < -0.3 is 15.0 Å². The van der Waals surface area contributed by atoms with Gasteiger partial charge in [0.2, 0.25) is 5.91 Å². The van der Waals surface area contributed by atoms with E-state index in [1.54, 1.807) is 38.1 Å². The number of hydrogen-bond donors (Lipinski definition) is 1. The lowest BCUT2D eigenvalue weighted by Gasteiger charge is -2.34. The second-order valence-electron chi connectivity index (χ2n) is 9.88. The summed E-state index contributed by atoms with van der Waals surface area (Å²) in [6.45, 7) is 5.45. The first-order valence-electron chi connectivity index (χ1n) is 13.3. The van der Waals surface area contributed by atoms with Crippen LogP contribution in [0.5, 0.6) is 0 Å². The van der Waals surface area contributed by atoms with E-state index in [0.717, 1.165) is 23.3 Å². The molecular weight excluding hydrogens is 533 g/mol. The van der Waals surface area contributed by atoms with Gasteiger partial charge in [0.25, 0.3) is 5.91 Å². The maximum Gasteiger partial charge on any atom is 0.416 e. The third-order valence-corrected chi connectivity index (χ3v) is 7.16. The summed E-state index contributed by atoms with van der Waals surface area (Å²) in [4.78, 5) is 40.5. The first-order chi connectivity index (χ1) is 19.5. The molecule has 0 unspecified atom stereocenters. The van der Waals surface area contributed by atoms with Gasteiger partial charge in [-0.05, 0) is 61.7 Å². The molecule has 3 aromatic rings. The third-order valence-electron chi connectivity index (χ3n) is 7.16. The fourth-order valence-electron chi connectivity index (χ4n) is 4.92. The van der Waals surface area contributed by atoms with Gasteiger partial charge in [-0.3, -0.25) is 9.59 Å². The molecule has 214 valence electrons. The SMILES string of the molecule is CCOC(=O)C1=C(C)N(Cc2ccc(C(=O)N[C@@H](C)c3ccccc3)cc2)C(=O)C[C@@H]1c1ccc(C(F)(F)F)cc1. The monoisotopic (exact) mass is 564 g/mol. The van der Waals surface area contributed by atoms with Gasteiger partial charge in [0, 0.05) is 23.6 Å². The minimum Gasteiger partial charge on any atom is -0.463 e. The Labute approximate surface area is 236 Å². The van der Waals surface area contributed by atoms with Crippen molar-refractivity contribution in [2.75, 3.05) is 6.61 Å². The van der Waals surface area contributed by atoms with Crippen LogP contribution in [0.4, 0.5) is 13.2 Å². The van der Waals surface area contributed by atoms with E-state index in [9.17, 15) is 27.6 Å². The van der Waals surface area contributed by atoms with E-state index in [0.29, 0.717) is 16.8 Å². The fraction of sp³-hybridized carbons (Fsp3) is 0.281. The molecule has 0 bridgehead atoms. The molecule has 2 atom stereocenters. The van der Waals surface area contributed by atoms with E-state index >= 15 is 0 Å². The lowest BCUT2D eigenvalue weighted by Crippen LogP contribution is -2.38. The Kier molecular flexibility index (Phi) is 8.95. The minimum absolute atomic E-state index is 0.102. The summed E-state index contributed by atoms with van der Waals surface area (Å²) in [7, 11) is 0. The number of carbonyl (C=O) groups excluding carboxylic acids is 3. The van der Waals surface area contributed by atoms with Crippen LogP contribution in [0, 0.1) is 0 Å². The van der Waals surface area contributed by atoms with Crippen molar-refractivity contribution in [3.05, 3.63) is 118 Å². The zero-order valence-corrected chi connectivity index (χ0v) is 23.0. The number of nitrogens with one attached hydrogen (secondary N) is 1. The van der Waals surface area contributed by atoms with E-state index in [1.165, 1.54) is 17.0 Å². The first-order valence-corrected chi connectivity index (χ1v) is 13.3. The highest BCUT2D eigenvalue weighted by molar-refractivity contribution is 5.96. The molecule has 0 saturated heterocycles. The van der Waals surface area contributed by atoms with Crippen molar-refractivity contribution in [2.24, 2.45) is 0 Å². The quantitative estimate of drug-likeness (QED) is 0.315. The molecule has 6 nitrogen and oxygen atoms in total. The Morgan fingerprint density at radius 2 is 1.63 bits per heavy atom. The number of ether oxygens (including phenoxy) is 1. The molecule has 9 heteroatoms. The Bertz CT molecular complexity index is 1430. The fourth-order valence-corrected chi connectivity index (χ4v) is 4.92. The Hall–Kier alpha value is -4.40. The van der Waals surface area contributed by atoms with Crippen LogP contribution in [0.15, 0.2) is 90.1 Å². The van der Waals surface area contributed by atoms with Gasteiger partial charge in [-0.25, -0.2) is 4.79 Å². The Morgan fingerprint density at radius 3 is 2.22 bits per heavy atom. The molecule has 3 aromatic carbocycles. The zero-order valence-electron chi connectivity index (χ0n) is 23.0. The number of allylic oxidation sites excluding steroid dienone is 1. The number of benzene rings is 3. The first kappa shape index (κ1) is 29.6. The molecule has 4 rings (SSSR count). The number of carbonyl (C=O) groups is 3. The predicted octanol–water partition coefficient (Wildman–Crippen LogP) is 6.55. The molecular formula is C32H31F3N2O4. The summed E-state index contributed by atoms with van der Waals surface area (Å²) in [6.07, 6.45) is -4.60. The van der Waals surface area contributed by atoms with Crippen LogP contribution in [0.1, 0.15) is 71.8 Å². The van der Waals surface area contributed by atoms with Crippen molar-refractivity contribution >= 4 is 17.8 Å². The molecule has 0 spiro atoms. The highest BCUT2D eigenvalue weighted by Gasteiger charge is 2.37. The van der Waals surface area contributed by atoms with E-state index in [4.69, 9.17) is 4.74 Å². The Balaban J connectivity index is 1.54. The van der Waals surface area contributed by atoms with Crippen molar-refractivity contribution in [3.8, 4) is 0 Å². The maximum absolute atomic E-state index is 13.3. The summed E-state index contributed by atoms with van der Waals surface area (Å²) in [5.41, 5.74) is 2.41. The van der Waals surface area contributed by atoms with E-state index in [1.807, 2.05) is 37.3 Å². The molecule has 0 fully saturated rings. The van der Waals surface area contributed by atoms with Crippen LogP contribution in [0.3, 0.4) is 0 Å². The van der Waals surface area contributed by atoms with Gasteiger partial charge >= 0.3 is 12.1 Å². The summed E-state index contributed by atoms with van der Waals surface area (Å²) >= 11 is 0. The zero-order chi connectivity index (χ0) is 29.7. The second-order valence-corrected chi connectivity index (χ2v) is 9.88. The van der Waals surface area contributed by atoms with Gasteiger partial charge in [0.1, 0.15) is 0 Å². The number of rotatable bonds is 8. The molecule has 0 aromatic heterocycles. The number of halogens is 3. The number of alkyl halides is 3. The summed E-state index contributed by atoms with van der Waals surface area (Å²) < 4.78 is 44.5. The molecule has 1 N–H and O–H groups in total. The van der Waals surface area contributed by atoms with Crippen molar-refractivity contribution < 1.29 is 32.3 Å².